The van der Waals surface area contributed by atoms with Crippen molar-refractivity contribution in [1.29, 1.82) is 0 Å². The number of pyridine rings is 1. The van der Waals surface area contributed by atoms with E-state index in [2.05, 4.69) is 25.5 Å². The van der Waals surface area contributed by atoms with Gasteiger partial charge in [-0.05, 0) is 43.3 Å². The maximum absolute atomic E-state index is 12.8. The lowest BCUT2D eigenvalue weighted by Crippen LogP contribution is -2.56. The molecule has 4 rings (SSSR count). The first kappa shape index (κ1) is 22.3. The highest BCUT2D eigenvalue weighted by atomic mass is 16.5. The number of aliphatic imine (C=N–C) groups is 1. The van der Waals surface area contributed by atoms with Gasteiger partial charge in [0, 0.05) is 38.1 Å². The van der Waals surface area contributed by atoms with Crippen LogP contribution in [-0.2, 0) is 14.3 Å². The van der Waals surface area contributed by atoms with Crippen molar-refractivity contribution in [3.8, 4) is 0 Å². The molecule has 1 atom stereocenters. The molecule has 1 fully saturated rings. The minimum Gasteiger partial charge on any atom is -0.462 e. The minimum atomic E-state index is -0.827. The molecule has 172 valence electrons. The number of aromatic nitrogens is 1. The third kappa shape index (κ3) is 5.46. The Morgan fingerprint density at radius 3 is 2.48 bits per heavy atom. The standard InChI is InChI=1S/C23H26N6O4/c1-2-33-22(32)16-6-8-17(9-7-16)25-21(31)18-15-20(30)27-23(26-18)29-13-11-28(12-14-29)19-5-3-4-10-24-19/h3-10,18H,2,11-15H2,1H3,(H,25,31)(H,26,27,30)/t18-/m0/s1. The summed E-state index contributed by atoms with van der Waals surface area (Å²) in [6.07, 6.45) is 1.74. The summed E-state index contributed by atoms with van der Waals surface area (Å²) >= 11 is 0. The third-order valence-corrected chi connectivity index (χ3v) is 5.43. The van der Waals surface area contributed by atoms with Gasteiger partial charge in [0.15, 0.2) is 0 Å². The smallest absolute Gasteiger partial charge is 0.338 e. The molecule has 0 spiro atoms. The van der Waals surface area contributed by atoms with E-state index >= 15 is 0 Å². The summed E-state index contributed by atoms with van der Waals surface area (Å²) in [5.74, 6) is 0.294. The monoisotopic (exact) mass is 450 g/mol. The van der Waals surface area contributed by atoms with Gasteiger partial charge in [0.2, 0.25) is 17.8 Å². The summed E-state index contributed by atoms with van der Waals surface area (Å²) in [6.45, 7) is 4.80. The minimum absolute atomic E-state index is 0.0237. The molecule has 10 heteroatoms. The van der Waals surface area contributed by atoms with E-state index in [0.717, 1.165) is 18.9 Å². The molecule has 0 bridgehead atoms. The molecule has 3 heterocycles. The van der Waals surface area contributed by atoms with Crippen molar-refractivity contribution in [2.45, 2.75) is 19.4 Å². The van der Waals surface area contributed by atoms with Crippen molar-refractivity contribution in [2.75, 3.05) is 43.0 Å². The first-order chi connectivity index (χ1) is 16.0. The quantitative estimate of drug-likeness (QED) is 0.659. The van der Waals surface area contributed by atoms with Crippen LogP contribution in [-0.4, -0.2) is 72.5 Å². The molecule has 10 nitrogen and oxygen atoms in total. The molecule has 1 saturated heterocycles. The SMILES string of the molecule is CCOC(=O)c1ccc(NC(=O)[C@@H]2CC(=O)NC(N3CCN(c4ccccn4)CC3)=N2)cc1. The van der Waals surface area contributed by atoms with Crippen LogP contribution in [0.2, 0.25) is 0 Å². The number of esters is 1. The van der Waals surface area contributed by atoms with E-state index in [1.807, 2.05) is 23.1 Å². The number of benzene rings is 1. The van der Waals surface area contributed by atoms with Gasteiger partial charge in [0.05, 0.1) is 18.6 Å². The number of ether oxygens (including phenoxy) is 1. The van der Waals surface area contributed by atoms with Crippen LogP contribution in [0.25, 0.3) is 0 Å². The fourth-order valence-corrected chi connectivity index (χ4v) is 3.71. The van der Waals surface area contributed by atoms with Gasteiger partial charge in [-0.3, -0.25) is 14.9 Å². The zero-order valence-corrected chi connectivity index (χ0v) is 18.4. The summed E-state index contributed by atoms with van der Waals surface area (Å²) in [5, 5.41) is 5.56. The van der Waals surface area contributed by atoms with Gasteiger partial charge in [-0.15, -0.1) is 0 Å². The van der Waals surface area contributed by atoms with Crippen LogP contribution < -0.4 is 15.5 Å². The van der Waals surface area contributed by atoms with Gasteiger partial charge in [-0.25, -0.2) is 14.8 Å². The summed E-state index contributed by atoms with van der Waals surface area (Å²) in [5.41, 5.74) is 0.914. The van der Waals surface area contributed by atoms with Crippen LogP contribution in [0.4, 0.5) is 11.5 Å². The highest BCUT2D eigenvalue weighted by molar-refractivity contribution is 6.06. The predicted octanol–water partition coefficient (Wildman–Crippen LogP) is 1.26. The second-order valence-corrected chi connectivity index (χ2v) is 7.67. The highest BCUT2D eigenvalue weighted by Gasteiger charge is 2.30. The number of hydrogen-bond acceptors (Lipinski definition) is 8. The number of rotatable bonds is 5. The molecular formula is C23H26N6O4. The lowest BCUT2D eigenvalue weighted by atomic mass is 10.1. The maximum Gasteiger partial charge on any atom is 0.338 e. The molecule has 0 aliphatic carbocycles. The van der Waals surface area contributed by atoms with Gasteiger partial charge in [-0.2, -0.15) is 0 Å². The van der Waals surface area contributed by atoms with Crippen LogP contribution >= 0.6 is 0 Å². The van der Waals surface area contributed by atoms with Gasteiger partial charge in [-0.1, -0.05) is 6.07 Å². The van der Waals surface area contributed by atoms with Crippen LogP contribution in [0.5, 0.6) is 0 Å². The van der Waals surface area contributed by atoms with Crippen molar-refractivity contribution in [3.63, 3.8) is 0 Å². The summed E-state index contributed by atoms with van der Waals surface area (Å²) in [4.78, 5) is 49.9. The van der Waals surface area contributed by atoms with E-state index in [1.54, 1.807) is 37.4 Å². The molecule has 33 heavy (non-hydrogen) atoms. The molecule has 2 aliphatic rings. The Kier molecular flexibility index (Phi) is 6.82. The topological polar surface area (TPSA) is 116 Å². The van der Waals surface area contributed by atoms with Crippen LogP contribution in [0.1, 0.15) is 23.7 Å². The van der Waals surface area contributed by atoms with Crippen molar-refractivity contribution in [2.24, 2.45) is 4.99 Å². The molecule has 2 aliphatic heterocycles. The van der Waals surface area contributed by atoms with Gasteiger partial charge in [0.1, 0.15) is 11.9 Å². The number of carbonyl (C=O) groups excluding carboxylic acids is 3. The number of carbonyl (C=O) groups is 3. The maximum atomic E-state index is 12.8. The Morgan fingerprint density at radius 1 is 1.09 bits per heavy atom. The molecule has 2 N–H and O–H groups in total. The molecular weight excluding hydrogens is 424 g/mol. The van der Waals surface area contributed by atoms with E-state index in [0.29, 0.717) is 36.9 Å². The normalized spacial score (nSPS) is 18.3. The van der Waals surface area contributed by atoms with Crippen molar-refractivity contribution >= 4 is 35.2 Å². The molecule has 2 aromatic rings. The molecule has 0 unspecified atom stereocenters. The van der Waals surface area contributed by atoms with E-state index in [4.69, 9.17) is 4.74 Å². The molecule has 1 aromatic heterocycles. The van der Waals surface area contributed by atoms with Crippen LogP contribution in [0, 0.1) is 0 Å². The Bertz CT molecular complexity index is 1030. The van der Waals surface area contributed by atoms with E-state index < -0.39 is 12.0 Å². The first-order valence-electron chi connectivity index (χ1n) is 10.9. The van der Waals surface area contributed by atoms with E-state index in [1.165, 1.54) is 0 Å². The molecule has 2 amide bonds. The first-order valence-corrected chi connectivity index (χ1v) is 10.9. The Morgan fingerprint density at radius 2 is 1.82 bits per heavy atom. The molecule has 1 aromatic carbocycles. The average Bonchev–Trinajstić information content (AvgIpc) is 2.85. The van der Waals surface area contributed by atoms with Gasteiger partial charge in [0.25, 0.3) is 0 Å². The Labute approximate surface area is 191 Å². The highest BCUT2D eigenvalue weighted by Crippen LogP contribution is 2.16. The zero-order valence-electron chi connectivity index (χ0n) is 18.4. The molecule has 0 saturated carbocycles. The Balaban J connectivity index is 1.37. The second-order valence-electron chi connectivity index (χ2n) is 7.67. The second kappa shape index (κ2) is 10.1. The fraction of sp³-hybridized carbons (Fsp3) is 0.348. The number of nitrogens with one attached hydrogen (secondary N) is 2. The number of nitrogens with zero attached hydrogens (tertiary/aromatic N) is 4. The number of piperazine rings is 1. The number of hydrogen-bond donors (Lipinski definition) is 2. The van der Waals surface area contributed by atoms with Crippen molar-refractivity contribution in [1.82, 2.24) is 15.2 Å². The average molecular weight is 450 g/mol. The third-order valence-electron chi connectivity index (χ3n) is 5.43. The number of guanidine groups is 1. The lowest BCUT2D eigenvalue weighted by molar-refractivity contribution is -0.125. The van der Waals surface area contributed by atoms with Crippen LogP contribution in [0.3, 0.4) is 0 Å². The Hall–Kier alpha value is -3.95. The molecule has 0 radical (unpaired) electrons. The largest absolute Gasteiger partial charge is 0.462 e. The van der Waals surface area contributed by atoms with Crippen molar-refractivity contribution < 1.29 is 19.1 Å². The predicted molar refractivity (Wildman–Crippen MR) is 123 cm³/mol. The zero-order chi connectivity index (χ0) is 23.2. The fourth-order valence-electron chi connectivity index (χ4n) is 3.71. The summed E-state index contributed by atoms with van der Waals surface area (Å²) in [6, 6.07) is 11.4. The number of anilines is 2. The summed E-state index contributed by atoms with van der Waals surface area (Å²) in [7, 11) is 0. The number of amides is 2. The van der Waals surface area contributed by atoms with E-state index in [-0.39, 0.29) is 18.2 Å². The van der Waals surface area contributed by atoms with E-state index in [9.17, 15) is 14.4 Å². The van der Waals surface area contributed by atoms with Gasteiger partial charge >= 0.3 is 5.97 Å². The van der Waals surface area contributed by atoms with Crippen molar-refractivity contribution in [3.05, 3.63) is 54.2 Å². The van der Waals surface area contributed by atoms with Gasteiger partial charge < -0.3 is 19.9 Å². The summed E-state index contributed by atoms with van der Waals surface area (Å²) < 4.78 is 4.96. The lowest BCUT2D eigenvalue weighted by Gasteiger charge is -2.38. The van der Waals surface area contributed by atoms with Crippen LogP contribution in [0.15, 0.2) is 53.7 Å².